The van der Waals surface area contributed by atoms with Crippen LogP contribution >= 0.6 is 0 Å². The monoisotopic (exact) mass is 393 g/mol. The summed E-state index contributed by atoms with van der Waals surface area (Å²) in [6.07, 6.45) is -0.208. The Balaban J connectivity index is 1.71. The summed E-state index contributed by atoms with van der Waals surface area (Å²) in [6, 6.07) is 12.6. The number of carbonyl (C=O) groups is 2. The number of benzene rings is 2. The van der Waals surface area contributed by atoms with E-state index in [4.69, 9.17) is 4.74 Å². The Morgan fingerprint density at radius 3 is 2.48 bits per heavy atom. The minimum Gasteiger partial charge on any atom is -0.459 e. The van der Waals surface area contributed by atoms with Crippen LogP contribution < -0.4 is 5.32 Å². The van der Waals surface area contributed by atoms with Crippen LogP contribution in [0.4, 0.5) is 5.69 Å². The van der Waals surface area contributed by atoms with Crippen LogP contribution in [0.5, 0.6) is 0 Å². The third kappa shape index (κ3) is 5.04. The standard InChI is InChI=1S/C21H23N5O3/c1-13(2)29-21(28)17-10-6-9-16(11-17)20-23-25-26(24-20)12-18(27)22-19-14(3)7-5-8-15(19)4/h5-11,13H,12H2,1-4H3,(H,22,27). The van der Waals surface area contributed by atoms with Crippen LogP contribution in [0.1, 0.15) is 35.3 Å². The minimum absolute atomic E-state index is 0.0736. The summed E-state index contributed by atoms with van der Waals surface area (Å²) in [6.45, 7) is 7.38. The molecule has 1 heterocycles. The van der Waals surface area contributed by atoms with Crippen molar-refractivity contribution in [1.29, 1.82) is 0 Å². The van der Waals surface area contributed by atoms with Gasteiger partial charge in [0.15, 0.2) is 0 Å². The number of carbonyl (C=O) groups excluding carboxylic acids is 2. The maximum atomic E-state index is 12.4. The van der Waals surface area contributed by atoms with Gasteiger partial charge in [0, 0.05) is 11.3 Å². The van der Waals surface area contributed by atoms with E-state index in [9.17, 15) is 9.59 Å². The second-order valence-electron chi connectivity index (χ2n) is 6.99. The van der Waals surface area contributed by atoms with Gasteiger partial charge in [-0.25, -0.2) is 4.79 Å². The van der Waals surface area contributed by atoms with Crippen molar-refractivity contribution >= 4 is 17.6 Å². The molecule has 2 aromatic carbocycles. The fraction of sp³-hybridized carbons (Fsp3) is 0.286. The molecule has 3 aromatic rings. The van der Waals surface area contributed by atoms with Gasteiger partial charge < -0.3 is 10.1 Å². The third-order valence-corrected chi connectivity index (χ3v) is 4.18. The first kappa shape index (κ1) is 20.2. The zero-order chi connectivity index (χ0) is 21.0. The Morgan fingerprint density at radius 2 is 1.79 bits per heavy atom. The molecule has 1 aromatic heterocycles. The molecule has 0 bridgehead atoms. The van der Waals surface area contributed by atoms with Crippen LogP contribution in [0.3, 0.4) is 0 Å². The van der Waals surface area contributed by atoms with Crippen molar-refractivity contribution < 1.29 is 14.3 Å². The lowest BCUT2D eigenvalue weighted by atomic mass is 10.1. The zero-order valence-corrected chi connectivity index (χ0v) is 16.8. The number of aromatic nitrogens is 4. The summed E-state index contributed by atoms with van der Waals surface area (Å²) in [7, 11) is 0. The third-order valence-electron chi connectivity index (χ3n) is 4.18. The molecule has 0 saturated carbocycles. The molecule has 3 rings (SSSR count). The SMILES string of the molecule is Cc1cccc(C)c1NC(=O)Cn1nnc(-c2cccc(C(=O)OC(C)C)c2)n1. The zero-order valence-electron chi connectivity index (χ0n) is 16.8. The first-order valence-corrected chi connectivity index (χ1v) is 9.29. The summed E-state index contributed by atoms with van der Waals surface area (Å²) >= 11 is 0. The largest absolute Gasteiger partial charge is 0.459 e. The molecular formula is C21H23N5O3. The number of para-hydroxylation sites is 1. The quantitative estimate of drug-likeness (QED) is 0.646. The highest BCUT2D eigenvalue weighted by atomic mass is 16.5. The number of esters is 1. The molecule has 0 spiro atoms. The molecule has 1 N–H and O–H groups in total. The summed E-state index contributed by atoms with van der Waals surface area (Å²) < 4.78 is 5.21. The van der Waals surface area contributed by atoms with Gasteiger partial charge in [0.2, 0.25) is 11.7 Å². The predicted molar refractivity (Wildman–Crippen MR) is 108 cm³/mol. The van der Waals surface area contributed by atoms with Crippen molar-refractivity contribution in [2.24, 2.45) is 0 Å². The van der Waals surface area contributed by atoms with E-state index < -0.39 is 5.97 Å². The van der Waals surface area contributed by atoms with Gasteiger partial charge in [-0.1, -0.05) is 30.3 Å². The second-order valence-corrected chi connectivity index (χ2v) is 6.99. The number of amides is 1. The van der Waals surface area contributed by atoms with Crippen LogP contribution in [0.25, 0.3) is 11.4 Å². The molecule has 0 unspecified atom stereocenters. The number of hydrogen-bond donors (Lipinski definition) is 1. The van der Waals surface area contributed by atoms with E-state index in [-0.39, 0.29) is 18.6 Å². The van der Waals surface area contributed by atoms with Gasteiger partial charge in [-0.2, -0.15) is 4.80 Å². The molecule has 0 saturated heterocycles. The normalized spacial score (nSPS) is 10.8. The first-order chi connectivity index (χ1) is 13.8. The molecule has 0 aliphatic rings. The number of nitrogens with one attached hydrogen (secondary N) is 1. The van der Waals surface area contributed by atoms with Gasteiger partial charge in [0.25, 0.3) is 0 Å². The number of nitrogens with zero attached hydrogens (tertiary/aromatic N) is 4. The first-order valence-electron chi connectivity index (χ1n) is 9.29. The fourth-order valence-corrected chi connectivity index (χ4v) is 2.81. The van der Waals surface area contributed by atoms with Crippen LogP contribution in [0.2, 0.25) is 0 Å². The highest BCUT2D eigenvalue weighted by Gasteiger charge is 2.14. The predicted octanol–water partition coefficient (Wildman–Crippen LogP) is 3.16. The van der Waals surface area contributed by atoms with Crippen molar-refractivity contribution in [1.82, 2.24) is 20.2 Å². The maximum Gasteiger partial charge on any atom is 0.338 e. The van der Waals surface area contributed by atoms with E-state index in [1.165, 1.54) is 4.80 Å². The fourth-order valence-electron chi connectivity index (χ4n) is 2.81. The molecule has 150 valence electrons. The lowest BCUT2D eigenvalue weighted by molar-refractivity contribution is -0.117. The highest BCUT2D eigenvalue weighted by molar-refractivity contribution is 5.92. The molecule has 8 nitrogen and oxygen atoms in total. The van der Waals surface area contributed by atoms with E-state index >= 15 is 0 Å². The molecule has 8 heteroatoms. The Morgan fingerprint density at radius 1 is 1.10 bits per heavy atom. The summed E-state index contributed by atoms with van der Waals surface area (Å²) in [5.74, 6) is -0.341. The van der Waals surface area contributed by atoms with Crippen molar-refractivity contribution in [3.05, 3.63) is 59.2 Å². The average molecular weight is 393 g/mol. The van der Waals surface area contributed by atoms with Gasteiger partial charge >= 0.3 is 5.97 Å². The lowest BCUT2D eigenvalue weighted by Gasteiger charge is -2.10. The molecule has 0 fully saturated rings. The van der Waals surface area contributed by atoms with Crippen LogP contribution in [0.15, 0.2) is 42.5 Å². The van der Waals surface area contributed by atoms with Crippen molar-refractivity contribution in [3.8, 4) is 11.4 Å². The van der Waals surface area contributed by atoms with Crippen LogP contribution in [-0.4, -0.2) is 38.2 Å². The Kier molecular flexibility index (Phi) is 6.01. The smallest absolute Gasteiger partial charge is 0.338 e. The Labute approximate surface area is 168 Å². The Hall–Kier alpha value is -3.55. The van der Waals surface area contributed by atoms with Crippen molar-refractivity contribution in [2.45, 2.75) is 40.3 Å². The number of rotatable bonds is 6. The molecule has 0 radical (unpaired) electrons. The van der Waals surface area contributed by atoms with E-state index in [0.29, 0.717) is 17.0 Å². The number of anilines is 1. The topological polar surface area (TPSA) is 99.0 Å². The van der Waals surface area contributed by atoms with Gasteiger partial charge in [-0.3, -0.25) is 4.79 Å². The van der Waals surface area contributed by atoms with Gasteiger partial charge in [-0.05, 0) is 56.2 Å². The van der Waals surface area contributed by atoms with Gasteiger partial charge in [0.1, 0.15) is 6.54 Å². The maximum absolute atomic E-state index is 12.4. The highest BCUT2D eigenvalue weighted by Crippen LogP contribution is 2.19. The van der Waals surface area contributed by atoms with E-state index in [0.717, 1.165) is 16.8 Å². The number of ether oxygens (including phenoxy) is 1. The summed E-state index contributed by atoms with van der Waals surface area (Å²) in [5, 5.41) is 15.1. The number of tetrazole rings is 1. The summed E-state index contributed by atoms with van der Waals surface area (Å²) in [5.41, 5.74) is 3.77. The molecular weight excluding hydrogens is 370 g/mol. The molecule has 29 heavy (non-hydrogen) atoms. The van der Waals surface area contributed by atoms with Gasteiger partial charge in [0.05, 0.1) is 11.7 Å². The van der Waals surface area contributed by atoms with Gasteiger partial charge in [-0.15, -0.1) is 10.2 Å². The molecule has 0 aliphatic carbocycles. The number of hydrogen-bond acceptors (Lipinski definition) is 6. The Bertz CT molecular complexity index is 1020. The van der Waals surface area contributed by atoms with E-state index in [2.05, 4.69) is 20.7 Å². The van der Waals surface area contributed by atoms with Crippen LogP contribution in [-0.2, 0) is 16.1 Å². The minimum atomic E-state index is -0.415. The second kappa shape index (κ2) is 8.64. The van der Waals surface area contributed by atoms with E-state index in [1.54, 1.807) is 38.1 Å². The average Bonchev–Trinajstić information content (AvgIpc) is 3.13. The van der Waals surface area contributed by atoms with Crippen molar-refractivity contribution in [2.75, 3.05) is 5.32 Å². The lowest BCUT2D eigenvalue weighted by Crippen LogP contribution is -2.21. The molecule has 0 atom stereocenters. The summed E-state index contributed by atoms with van der Waals surface area (Å²) in [4.78, 5) is 25.7. The van der Waals surface area contributed by atoms with E-state index in [1.807, 2.05) is 32.0 Å². The van der Waals surface area contributed by atoms with Crippen LogP contribution in [0, 0.1) is 13.8 Å². The molecule has 0 aliphatic heterocycles. The molecule has 1 amide bonds. The van der Waals surface area contributed by atoms with Crippen molar-refractivity contribution in [3.63, 3.8) is 0 Å². The number of aryl methyl sites for hydroxylation is 2.